The number of aryl methyl sites for hydroxylation is 2. The third-order valence-electron chi connectivity index (χ3n) is 3.65. The topological polar surface area (TPSA) is 29.9 Å². The Hall–Kier alpha value is -1.04. The number of hydrogen-bond acceptors (Lipinski definition) is 2. The maximum atomic E-state index is 12.5. The molecule has 2 unspecified atom stereocenters. The molecule has 18 heavy (non-hydrogen) atoms. The first-order valence-corrected chi connectivity index (χ1v) is 6.24. The van der Waals surface area contributed by atoms with Gasteiger partial charge in [0.2, 0.25) is 0 Å². The highest BCUT2D eigenvalue weighted by Gasteiger charge is 2.41. The number of nitrogens with one attached hydrogen (secondary N) is 1. The summed E-state index contributed by atoms with van der Waals surface area (Å²) >= 11 is 0. The van der Waals surface area contributed by atoms with Crippen molar-refractivity contribution in [2.45, 2.75) is 37.9 Å². The second-order valence-electron chi connectivity index (χ2n) is 4.91. The van der Waals surface area contributed by atoms with Crippen LogP contribution in [-0.2, 0) is 13.5 Å². The van der Waals surface area contributed by atoms with Gasteiger partial charge in [0.1, 0.15) is 0 Å². The van der Waals surface area contributed by atoms with Gasteiger partial charge in [-0.15, -0.1) is 0 Å². The Morgan fingerprint density at radius 1 is 1.44 bits per heavy atom. The highest BCUT2D eigenvalue weighted by atomic mass is 19.4. The van der Waals surface area contributed by atoms with Crippen LogP contribution >= 0.6 is 0 Å². The summed E-state index contributed by atoms with van der Waals surface area (Å²) in [7, 11) is 1.88. The normalized spacial score (nSPS) is 25.3. The molecule has 1 aromatic rings. The number of alkyl halides is 3. The average molecular weight is 261 g/mol. The van der Waals surface area contributed by atoms with E-state index in [0.29, 0.717) is 6.42 Å². The first kappa shape index (κ1) is 13.4. The van der Waals surface area contributed by atoms with Crippen molar-refractivity contribution in [1.82, 2.24) is 15.1 Å². The zero-order valence-electron chi connectivity index (χ0n) is 10.4. The quantitative estimate of drug-likeness (QED) is 0.904. The van der Waals surface area contributed by atoms with Crippen LogP contribution < -0.4 is 5.32 Å². The van der Waals surface area contributed by atoms with Crippen LogP contribution in [0.4, 0.5) is 13.2 Å². The number of nitrogens with zero attached hydrogens (tertiary/aromatic N) is 2. The summed E-state index contributed by atoms with van der Waals surface area (Å²) in [5.41, 5.74) is 1.12. The van der Waals surface area contributed by atoms with Crippen molar-refractivity contribution in [1.29, 1.82) is 0 Å². The highest BCUT2D eigenvalue weighted by molar-refractivity contribution is 5.00. The van der Waals surface area contributed by atoms with Gasteiger partial charge in [-0.05, 0) is 31.7 Å². The predicted octanol–water partition coefficient (Wildman–Crippen LogP) is 2.28. The average Bonchev–Trinajstić information content (AvgIpc) is 2.72. The summed E-state index contributed by atoms with van der Waals surface area (Å²) in [5, 5.41) is 7.08. The minimum atomic E-state index is -4.06. The van der Waals surface area contributed by atoms with Gasteiger partial charge in [0.15, 0.2) is 0 Å². The third-order valence-corrected chi connectivity index (χ3v) is 3.65. The van der Waals surface area contributed by atoms with Gasteiger partial charge >= 0.3 is 6.18 Å². The molecular weight excluding hydrogens is 243 g/mol. The molecule has 2 atom stereocenters. The smallest absolute Gasteiger partial charge is 0.313 e. The van der Waals surface area contributed by atoms with E-state index < -0.39 is 12.1 Å². The van der Waals surface area contributed by atoms with Gasteiger partial charge in [-0.1, -0.05) is 0 Å². The van der Waals surface area contributed by atoms with Crippen molar-refractivity contribution in [3.05, 3.63) is 18.0 Å². The second-order valence-corrected chi connectivity index (χ2v) is 4.91. The molecule has 1 aliphatic rings. The van der Waals surface area contributed by atoms with Gasteiger partial charge in [-0.2, -0.15) is 18.3 Å². The summed E-state index contributed by atoms with van der Waals surface area (Å²) in [6, 6.07) is 2.14. The molecule has 1 N–H and O–H groups in total. The highest BCUT2D eigenvalue weighted by Crippen LogP contribution is 2.32. The standard InChI is InChI=1S/C12H18F3N3/c1-18-11(6-7-17-18)5-4-10-3-2-9(8-16-10)12(13,14)15/h6-7,9-10,16H,2-5,8H2,1H3. The molecule has 2 heterocycles. The van der Waals surface area contributed by atoms with Crippen LogP contribution in [0.5, 0.6) is 0 Å². The number of piperidine rings is 1. The van der Waals surface area contributed by atoms with E-state index in [2.05, 4.69) is 10.4 Å². The fourth-order valence-electron chi connectivity index (χ4n) is 2.41. The summed E-state index contributed by atoms with van der Waals surface area (Å²) in [6.45, 7) is 0.0551. The molecule has 1 aliphatic heterocycles. The van der Waals surface area contributed by atoms with Gasteiger partial charge < -0.3 is 5.32 Å². The largest absolute Gasteiger partial charge is 0.393 e. The SMILES string of the molecule is Cn1nccc1CCC1CCC(C(F)(F)F)CN1. The van der Waals surface area contributed by atoms with Crippen LogP contribution in [0, 0.1) is 5.92 Å². The predicted molar refractivity (Wildman–Crippen MR) is 62.1 cm³/mol. The molecule has 1 fully saturated rings. The van der Waals surface area contributed by atoms with Crippen LogP contribution in [0.2, 0.25) is 0 Å². The molecule has 0 aromatic carbocycles. The first-order chi connectivity index (χ1) is 8.47. The van der Waals surface area contributed by atoms with E-state index in [1.165, 1.54) is 0 Å². The van der Waals surface area contributed by atoms with Crippen molar-refractivity contribution < 1.29 is 13.2 Å². The number of hydrogen-bond donors (Lipinski definition) is 1. The van der Waals surface area contributed by atoms with Crippen molar-refractivity contribution in [3.8, 4) is 0 Å². The van der Waals surface area contributed by atoms with Gasteiger partial charge in [0, 0.05) is 31.5 Å². The maximum Gasteiger partial charge on any atom is 0.393 e. The minimum Gasteiger partial charge on any atom is -0.313 e. The van der Waals surface area contributed by atoms with E-state index >= 15 is 0 Å². The Morgan fingerprint density at radius 2 is 2.22 bits per heavy atom. The van der Waals surface area contributed by atoms with E-state index in [1.807, 2.05) is 13.1 Å². The van der Waals surface area contributed by atoms with Crippen molar-refractivity contribution in [2.75, 3.05) is 6.54 Å². The molecule has 0 radical (unpaired) electrons. The molecule has 102 valence electrons. The summed E-state index contributed by atoms with van der Waals surface area (Å²) in [4.78, 5) is 0. The molecule has 2 rings (SSSR count). The van der Waals surface area contributed by atoms with Crippen LogP contribution in [0.15, 0.2) is 12.3 Å². The van der Waals surface area contributed by atoms with E-state index in [9.17, 15) is 13.2 Å². The lowest BCUT2D eigenvalue weighted by Gasteiger charge is -2.31. The van der Waals surface area contributed by atoms with Gasteiger partial charge in [0.05, 0.1) is 5.92 Å². The Labute approximate surface area is 104 Å². The lowest BCUT2D eigenvalue weighted by molar-refractivity contribution is -0.179. The fourth-order valence-corrected chi connectivity index (χ4v) is 2.41. The van der Waals surface area contributed by atoms with Crippen molar-refractivity contribution in [3.63, 3.8) is 0 Å². The van der Waals surface area contributed by atoms with Crippen molar-refractivity contribution >= 4 is 0 Å². The third kappa shape index (κ3) is 3.25. The lowest BCUT2D eigenvalue weighted by atomic mass is 9.92. The number of aromatic nitrogens is 2. The number of halogens is 3. The van der Waals surface area contributed by atoms with Crippen LogP contribution in [0.1, 0.15) is 25.0 Å². The maximum absolute atomic E-state index is 12.5. The molecule has 1 saturated heterocycles. The molecule has 0 bridgehead atoms. The molecule has 0 spiro atoms. The Kier molecular flexibility index (Phi) is 3.94. The minimum absolute atomic E-state index is 0.0551. The monoisotopic (exact) mass is 261 g/mol. The van der Waals surface area contributed by atoms with Gasteiger partial charge in [-0.25, -0.2) is 0 Å². The molecule has 1 aromatic heterocycles. The Bertz CT molecular complexity index is 378. The van der Waals surface area contributed by atoms with Gasteiger partial charge in [0.25, 0.3) is 0 Å². The van der Waals surface area contributed by atoms with Crippen LogP contribution in [0.3, 0.4) is 0 Å². The van der Waals surface area contributed by atoms with Gasteiger partial charge in [-0.3, -0.25) is 4.68 Å². The van der Waals surface area contributed by atoms with E-state index in [1.54, 1.807) is 10.9 Å². The van der Waals surface area contributed by atoms with E-state index in [4.69, 9.17) is 0 Å². The zero-order valence-corrected chi connectivity index (χ0v) is 10.4. The molecular formula is C12H18F3N3. The fraction of sp³-hybridized carbons (Fsp3) is 0.750. The molecule has 0 amide bonds. The Morgan fingerprint density at radius 3 is 2.72 bits per heavy atom. The molecule has 6 heteroatoms. The van der Waals surface area contributed by atoms with E-state index in [0.717, 1.165) is 18.5 Å². The van der Waals surface area contributed by atoms with Crippen molar-refractivity contribution in [2.24, 2.45) is 13.0 Å². The zero-order chi connectivity index (χ0) is 13.2. The molecule has 3 nitrogen and oxygen atoms in total. The van der Waals surface area contributed by atoms with Crippen LogP contribution in [0.25, 0.3) is 0 Å². The lowest BCUT2D eigenvalue weighted by Crippen LogP contribution is -2.44. The summed E-state index contributed by atoms with van der Waals surface area (Å²) in [5.74, 6) is -1.18. The second kappa shape index (κ2) is 5.30. The first-order valence-electron chi connectivity index (χ1n) is 6.24. The molecule has 0 saturated carbocycles. The molecule has 0 aliphatic carbocycles. The number of rotatable bonds is 3. The summed E-state index contributed by atoms with van der Waals surface area (Å²) < 4.78 is 39.2. The Balaban J connectivity index is 1.76. The van der Waals surface area contributed by atoms with E-state index in [-0.39, 0.29) is 19.0 Å². The van der Waals surface area contributed by atoms with Crippen LogP contribution in [-0.4, -0.2) is 28.5 Å². The summed E-state index contributed by atoms with van der Waals surface area (Å²) in [6.07, 6.45) is 0.243.